The van der Waals surface area contributed by atoms with Crippen molar-refractivity contribution < 1.29 is 17.6 Å². The van der Waals surface area contributed by atoms with Gasteiger partial charge in [0.1, 0.15) is 0 Å². The fourth-order valence-corrected chi connectivity index (χ4v) is 2.29. The van der Waals surface area contributed by atoms with Crippen LogP contribution in [0.15, 0.2) is 52.9 Å². The number of alkyl halides is 3. The lowest BCUT2D eigenvalue weighted by atomic mass is 9.99. The molecule has 0 radical (unpaired) electrons. The van der Waals surface area contributed by atoms with Crippen LogP contribution in [0.5, 0.6) is 0 Å². The molecule has 120 valence electrons. The Labute approximate surface area is 135 Å². The van der Waals surface area contributed by atoms with E-state index in [2.05, 4.69) is 10.2 Å². The number of halogens is 3. The molecule has 0 aliphatic rings. The molecule has 0 spiro atoms. The lowest BCUT2D eigenvalue weighted by Crippen LogP contribution is -2.04. The van der Waals surface area contributed by atoms with Crippen LogP contribution >= 0.6 is 0 Å². The summed E-state index contributed by atoms with van der Waals surface area (Å²) in [6, 6.07) is 13.9. The van der Waals surface area contributed by atoms with E-state index in [9.17, 15) is 13.2 Å². The Morgan fingerprint density at radius 3 is 2.33 bits per heavy atom. The average molecular weight is 329 g/mol. The zero-order valence-corrected chi connectivity index (χ0v) is 12.2. The summed E-state index contributed by atoms with van der Waals surface area (Å²) in [5, 5.41) is 16.2. The van der Waals surface area contributed by atoms with Gasteiger partial charge in [0.2, 0.25) is 5.89 Å². The standard InChI is InChI=1S/C17H10F3N3O/c18-17(19,20)13-7-5-11(6-8-13)9-12-3-1-2-4-14(12)16-23-22-15(10-21)24-16/h1-8H,9H2. The van der Waals surface area contributed by atoms with Crippen molar-refractivity contribution in [3.8, 4) is 17.5 Å². The van der Waals surface area contributed by atoms with E-state index >= 15 is 0 Å². The van der Waals surface area contributed by atoms with Gasteiger partial charge in [-0.05, 0) is 35.7 Å². The molecule has 0 saturated heterocycles. The first-order valence-electron chi connectivity index (χ1n) is 6.95. The van der Waals surface area contributed by atoms with E-state index in [4.69, 9.17) is 9.68 Å². The maximum Gasteiger partial charge on any atom is 0.416 e. The monoisotopic (exact) mass is 329 g/mol. The SMILES string of the molecule is N#Cc1nnc(-c2ccccc2Cc2ccc(C(F)(F)F)cc2)o1. The normalized spacial score (nSPS) is 11.2. The smallest absolute Gasteiger partial charge is 0.408 e. The zero-order chi connectivity index (χ0) is 17.2. The maximum atomic E-state index is 12.6. The molecule has 0 aliphatic carbocycles. The van der Waals surface area contributed by atoms with Crippen LogP contribution in [-0.4, -0.2) is 10.2 Å². The van der Waals surface area contributed by atoms with Crippen molar-refractivity contribution in [1.29, 1.82) is 5.26 Å². The maximum absolute atomic E-state index is 12.6. The molecule has 3 aromatic rings. The van der Waals surface area contributed by atoms with Crippen molar-refractivity contribution in [2.45, 2.75) is 12.6 Å². The molecule has 1 aromatic heterocycles. The minimum absolute atomic E-state index is 0.144. The van der Waals surface area contributed by atoms with Crippen molar-refractivity contribution >= 4 is 0 Å². The summed E-state index contributed by atoms with van der Waals surface area (Å²) in [6.45, 7) is 0. The molecular weight excluding hydrogens is 319 g/mol. The number of benzene rings is 2. The molecule has 0 aliphatic heterocycles. The van der Waals surface area contributed by atoms with Crippen molar-refractivity contribution in [1.82, 2.24) is 10.2 Å². The summed E-state index contributed by atoms with van der Waals surface area (Å²) in [5.41, 5.74) is 1.49. The summed E-state index contributed by atoms with van der Waals surface area (Å²) in [7, 11) is 0. The lowest BCUT2D eigenvalue weighted by molar-refractivity contribution is -0.137. The summed E-state index contributed by atoms with van der Waals surface area (Å²) >= 11 is 0. The molecule has 24 heavy (non-hydrogen) atoms. The van der Waals surface area contributed by atoms with Crippen LogP contribution in [0.25, 0.3) is 11.5 Å². The quantitative estimate of drug-likeness (QED) is 0.722. The number of rotatable bonds is 3. The molecular formula is C17H10F3N3O. The van der Waals surface area contributed by atoms with Gasteiger partial charge in [-0.2, -0.15) is 18.4 Å². The highest BCUT2D eigenvalue weighted by Crippen LogP contribution is 2.30. The van der Waals surface area contributed by atoms with Crippen LogP contribution in [0, 0.1) is 11.3 Å². The van der Waals surface area contributed by atoms with E-state index < -0.39 is 11.7 Å². The number of hydrogen-bond acceptors (Lipinski definition) is 4. The molecule has 2 aromatic carbocycles. The van der Waals surface area contributed by atoms with E-state index in [0.29, 0.717) is 12.0 Å². The van der Waals surface area contributed by atoms with E-state index in [1.54, 1.807) is 18.2 Å². The number of aromatic nitrogens is 2. The number of nitriles is 1. The van der Waals surface area contributed by atoms with Crippen LogP contribution in [0.3, 0.4) is 0 Å². The first kappa shape index (κ1) is 15.7. The molecule has 1 heterocycles. The van der Waals surface area contributed by atoms with Crippen molar-refractivity contribution in [3.63, 3.8) is 0 Å². The molecule has 0 bridgehead atoms. The first-order valence-corrected chi connectivity index (χ1v) is 6.95. The molecule has 0 amide bonds. The molecule has 0 unspecified atom stereocenters. The van der Waals surface area contributed by atoms with Crippen LogP contribution in [0.1, 0.15) is 22.6 Å². The molecule has 7 heteroatoms. The molecule has 0 N–H and O–H groups in total. The predicted molar refractivity (Wildman–Crippen MR) is 78.7 cm³/mol. The van der Waals surface area contributed by atoms with Crippen molar-refractivity contribution in [3.05, 3.63) is 71.1 Å². The largest absolute Gasteiger partial charge is 0.416 e. The second kappa shape index (κ2) is 6.16. The summed E-state index contributed by atoms with van der Waals surface area (Å²) < 4.78 is 43.1. The molecule has 0 atom stereocenters. The van der Waals surface area contributed by atoms with Crippen LogP contribution in [-0.2, 0) is 12.6 Å². The molecule has 0 fully saturated rings. The minimum Gasteiger partial charge on any atom is -0.408 e. The van der Waals surface area contributed by atoms with Gasteiger partial charge in [0.05, 0.1) is 5.56 Å². The summed E-state index contributed by atoms with van der Waals surface area (Å²) in [4.78, 5) is 0. The minimum atomic E-state index is -4.35. The van der Waals surface area contributed by atoms with Gasteiger partial charge in [-0.25, -0.2) is 0 Å². The highest BCUT2D eigenvalue weighted by atomic mass is 19.4. The van der Waals surface area contributed by atoms with Crippen LogP contribution < -0.4 is 0 Å². The Bertz CT molecular complexity index is 892. The van der Waals surface area contributed by atoms with Gasteiger partial charge in [-0.3, -0.25) is 0 Å². The fourth-order valence-electron chi connectivity index (χ4n) is 2.29. The Morgan fingerprint density at radius 1 is 1.00 bits per heavy atom. The van der Waals surface area contributed by atoms with Crippen LogP contribution in [0.2, 0.25) is 0 Å². The number of hydrogen-bond donors (Lipinski definition) is 0. The summed E-state index contributed by atoms with van der Waals surface area (Å²) in [5.74, 6) is 0.0587. The summed E-state index contributed by atoms with van der Waals surface area (Å²) in [6.07, 6.45) is -3.95. The van der Waals surface area contributed by atoms with E-state index in [1.807, 2.05) is 12.1 Å². The first-order chi connectivity index (χ1) is 11.5. The Morgan fingerprint density at radius 2 is 1.71 bits per heavy atom. The van der Waals surface area contributed by atoms with Gasteiger partial charge in [0.25, 0.3) is 0 Å². The predicted octanol–water partition coefficient (Wildman–Crippen LogP) is 4.22. The average Bonchev–Trinajstić information content (AvgIpc) is 3.04. The lowest BCUT2D eigenvalue weighted by Gasteiger charge is -2.09. The fraction of sp³-hybridized carbons (Fsp3) is 0.118. The van der Waals surface area contributed by atoms with Crippen molar-refractivity contribution in [2.75, 3.05) is 0 Å². The van der Waals surface area contributed by atoms with E-state index in [-0.39, 0.29) is 11.8 Å². The molecule has 0 saturated carbocycles. The van der Waals surface area contributed by atoms with Gasteiger partial charge < -0.3 is 4.42 Å². The second-order valence-corrected chi connectivity index (χ2v) is 5.05. The third-order valence-electron chi connectivity index (χ3n) is 3.44. The Hall–Kier alpha value is -3.14. The van der Waals surface area contributed by atoms with E-state index in [1.165, 1.54) is 12.1 Å². The molecule has 3 rings (SSSR count). The van der Waals surface area contributed by atoms with Gasteiger partial charge in [0.15, 0.2) is 6.07 Å². The highest BCUT2D eigenvalue weighted by molar-refractivity contribution is 5.59. The second-order valence-electron chi connectivity index (χ2n) is 5.05. The van der Waals surface area contributed by atoms with Gasteiger partial charge >= 0.3 is 12.1 Å². The van der Waals surface area contributed by atoms with E-state index in [0.717, 1.165) is 23.3 Å². The number of nitrogens with zero attached hydrogens (tertiary/aromatic N) is 3. The Balaban J connectivity index is 1.90. The van der Waals surface area contributed by atoms with Gasteiger partial charge in [-0.15, -0.1) is 5.10 Å². The van der Waals surface area contributed by atoms with Crippen molar-refractivity contribution in [2.24, 2.45) is 0 Å². The third-order valence-corrected chi connectivity index (χ3v) is 3.44. The zero-order valence-electron chi connectivity index (χ0n) is 12.2. The van der Waals surface area contributed by atoms with Gasteiger partial charge in [-0.1, -0.05) is 35.4 Å². The van der Waals surface area contributed by atoms with Gasteiger partial charge in [0, 0.05) is 5.56 Å². The Kier molecular flexibility index (Phi) is 4.04. The molecule has 4 nitrogen and oxygen atoms in total. The third kappa shape index (κ3) is 3.27. The highest BCUT2D eigenvalue weighted by Gasteiger charge is 2.29. The van der Waals surface area contributed by atoms with Crippen LogP contribution in [0.4, 0.5) is 13.2 Å². The topological polar surface area (TPSA) is 62.7 Å².